The van der Waals surface area contributed by atoms with Crippen LogP contribution < -0.4 is 5.32 Å². The minimum absolute atomic E-state index is 0.0494. The van der Waals surface area contributed by atoms with E-state index in [4.69, 9.17) is 11.6 Å². The van der Waals surface area contributed by atoms with E-state index in [-0.39, 0.29) is 27.5 Å². The molecule has 0 spiro atoms. The average molecular weight is 405 g/mol. The molecular weight excluding hydrogens is 396 g/mol. The molecule has 0 aliphatic carbocycles. The van der Waals surface area contributed by atoms with Gasteiger partial charge in [-0.15, -0.1) is 0 Å². The molecule has 12 heteroatoms. The van der Waals surface area contributed by atoms with Crippen molar-refractivity contribution in [3.63, 3.8) is 0 Å². The van der Waals surface area contributed by atoms with Gasteiger partial charge in [0.2, 0.25) is 5.91 Å². The van der Waals surface area contributed by atoms with Crippen molar-refractivity contribution in [3.8, 4) is 0 Å². The molecule has 2 aromatic carbocycles. The highest BCUT2D eigenvalue weighted by molar-refractivity contribution is 6.32. The number of hydrogen-bond acceptors (Lipinski definition) is 7. The highest BCUT2D eigenvalue weighted by atomic mass is 35.5. The molecule has 0 saturated heterocycles. The van der Waals surface area contributed by atoms with Crippen LogP contribution >= 0.6 is 11.6 Å². The summed E-state index contributed by atoms with van der Waals surface area (Å²) in [5.74, 6) is -2.41. The number of anilines is 1. The number of rotatable bonds is 5. The summed E-state index contributed by atoms with van der Waals surface area (Å²) in [5.41, 5.74) is -0.958. The molecule has 3 rings (SSSR count). The van der Waals surface area contributed by atoms with Crippen molar-refractivity contribution < 1.29 is 24.2 Å². The standard InChI is InChI=1S/C16H9ClN4O7/c17-12-4-1-8(5-13(12)21(27)28)18-14(22)7-19-15(23)10-3-2-9(20(25)26)6-11(10)16(19)24/h1-6H,7H2,(H,18,22). The zero-order valence-corrected chi connectivity index (χ0v) is 14.5. The number of benzene rings is 2. The maximum absolute atomic E-state index is 12.4. The van der Waals surface area contributed by atoms with Crippen LogP contribution in [0, 0.1) is 20.2 Å². The van der Waals surface area contributed by atoms with Crippen molar-refractivity contribution in [1.29, 1.82) is 0 Å². The van der Waals surface area contributed by atoms with Crippen molar-refractivity contribution in [3.05, 3.63) is 72.8 Å². The molecule has 0 radical (unpaired) electrons. The molecule has 11 nitrogen and oxygen atoms in total. The van der Waals surface area contributed by atoms with Gasteiger partial charge in [0, 0.05) is 23.9 Å². The topological polar surface area (TPSA) is 153 Å². The molecule has 0 unspecified atom stereocenters. The fourth-order valence-corrected chi connectivity index (χ4v) is 2.80. The molecule has 1 N–H and O–H groups in total. The van der Waals surface area contributed by atoms with Gasteiger partial charge in [0.15, 0.2) is 0 Å². The number of amides is 3. The van der Waals surface area contributed by atoms with Gasteiger partial charge in [0.1, 0.15) is 11.6 Å². The Labute approximate surface area is 160 Å². The fraction of sp³-hybridized carbons (Fsp3) is 0.0625. The van der Waals surface area contributed by atoms with Crippen LogP contribution in [0.4, 0.5) is 17.1 Å². The minimum atomic E-state index is -0.846. The number of imide groups is 1. The Hall–Kier alpha value is -3.86. The zero-order chi connectivity index (χ0) is 20.6. The van der Waals surface area contributed by atoms with Crippen LogP contribution in [0.2, 0.25) is 5.02 Å². The lowest BCUT2D eigenvalue weighted by molar-refractivity contribution is -0.385. The van der Waals surface area contributed by atoms with Crippen LogP contribution in [0.25, 0.3) is 0 Å². The Morgan fingerprint density at radius 1 is 1.00 bits per heavy atom. The van der Waals surface area contributed by atoms with E-state index in [0.29, 0.717) is 4.90 Å². The zero-order valence-electron chi connectivity index (χ0n) is 13.7. The summed E-state index contributed by atoms with van der Waals surface area (Å²) in [6.45, 7) is -0.670. The molecule has 0 fully saturated rings. The quantitative estimate of drug-likeness (QED) is 0.456. The van der Waals surface area contributed by atoms with Crippen molar-refractivity contribution in [2.45, 2.75) is 0 Å². The molecule has 0 atom stereocenters. The first-order valence-corrected chi connectivity index (χ1v) is 7.95. The maximum Gasteiger partial charge on any atom is 0.289 e. The Balaban J connectivity index is 1.77. The number of carbonyl (C=O) groups excluding carboxylic acids is 3. The molecule has 0 bridgehead atoms. The normalized spacial score (nSPS) is 12.7. The third kappa shape index (κ3) is 3.38. The molecule has 3 amide bonds. The summed E-state index contributed by atoms with van der Waals surface area (Å²) in [4.78, 5) is 57.8. The van der Waals surface area contributed by atoms with Crippen LogP contribution in [0.15, 0.2) is 36.4 Å². The summed E-state index contributed by atoms with van der Waals surface area (Å²) in [5, 5.41) is 23.9. The van der Waals surface area contributed by atoms with E-state index >= 15 is 0 Å². The summed E-state index contributed by atoms with van der Waals surface area (Å²) < 4.78 is 0. The van der Waals surface area contributed by atoms with Crippen molar-refractivity contribution in [2.24, 2.45) is 0 Å². The molecule has 2 aromatic rings. The van der Waals surface area contributed by atoms with E-state index in [1.54, 1.807) is 0 Å². The number of nitrogens with zero attached hydrogens (tertiary/aromatic N) is 3. The van der Waals surface area contributed by atoms with E-state index in [1.165, 1.54) is 12.1 Å². The number of nitro groups is 2. The third-order valence-electron chi connectivity index (χ3n) is 3.89. The van der Waals surface area contributed by atoms with Crippen molar-refractivity contribution >= 4 is 46.4 Å². The third-order valence-corrected chi connectivity index (χ3v) is 4.21. The van der Waals surface area contributed by atoms with Crippen LogP contribution in [0.1, 0.15) is 20.7 Å². The van der Waals surface area contributed by atoms with E-state index in [2.05, 4.69) is 5.32 Å². The second-order valence-electron chi connectivity index (χ2n) is 5.65. The summed E-state index contributed by atoms with van der Waals surface area (Å²) in [6.07, 6.45) is 0. The molecule has 1 aliphatic heterocycles. The number of nitrogens with one attached hydrogen (secondary N) is 1. The first-order chi connectivity index (χ1) is 13.2. The van der Waals surface area contributed by atoms with E-state index in [1.807, 2.05) is 0 Å². The molecular formula is C16H9ClN4O7. The molecule has 0 saturated carbocycles. The van der Waals surface area contributed by atoms with Crippen LogP contribution in [-0.2, 0) is 4.79 Å². The number of halogens is 1. The van der Waals surface area contributed by atoms with Gasteiger partial charge in [-0.25, -0.2) is 0 Å². The molecule has 28 heavy (non-hydrogen) atoms. The van der Waals surface area contributed by atoms with Crippen molar-refractivity contribution in [1.82, 2.24) is 4.90 Å². The lowest BCUT2D eigenvalue weighted by Gasteiger charge is -2.13. The van der Waals surface area contributed by atoms with Crippen LogP contribution in [0.3, 0.4) is 0 Å². The average Bonchev–Trinajstić information content (AvgIpc) is 2.87. The van der Waals surface area contributed by atoms with Crippen LogP contribution in [-0.4, -0.2) is 39.0 Å². The SMILES string of the molecule is O=C(CN1C(=O)c2ccc([N+](=O)[O-])cc2C1=O)Nc1ccc(Cl)c([N+](=O)[O-])c1. The van der Waals surface area contributed by atoms with Gasteiger partial charge in [-0.05, 0) is 18.2 Å². The number of nitro benzene ring substituents is 2. The largest absolute Gasteiger partial charge is 0.324 e. The Kier molecular flexibility index (Phi) is 4.76. The molecule has 0 aromatic heterocycles. The molecule has 1 aliphatic rings. The van der Waals surface area contributed by atoms with Gasteiger partial charge in [-0.1, -0.05) is 11.6 Å². The number of non-ortho nitro benzene ring substituents is 1. The lowest BCUT2D eigenvalue weighted by atomic mass is 10.1. The number of hydrogen-bond donors (Lipinski definition) is 1. The monoisotopic (exact) mass is 404 g/mol. The predicted molar refractivity (Wildman–Crippen MR) is 95.2 cm³/mol. The molecule has 1 heterocycles. The summed E-state index contributed by atoms with van der Waals surface area (Å²) in [7, 11) is 0. The van der Waals surface area contributed by atoms with E-state index in [0.717, 1.165) is 24.3 Å². The van der Waals surface area contributed by atoms with E-state index in [9.17, 15) is 34.6 Å². The smallest absolute Gasteiger partial charge is 0.289 e. The fourth-order valence-electron chi connectivity index (χ4n) is 2.61. The number of fused-ring (bicyclic) bond motifs is 1. The van der Waals surface area contributed by atoms with Gasteiger partial charge in [-0.2, -0.15) is 0 Å². The Bertz CT molecular complexity index is 1070. The molecule has 142 valence electrons. The maximum atomic E-state index is 12.4. The minimum Gasteiger partial charge on any atom is -0.324 e. The first-order valence-electron chi connectivity index (χ1n) is 7.57. The lowest BCUT2D eigenvalue weighted by Crippen LogP contribution is -2.37. The summed E-state index contributed by atoms with van der Waals surface area (Å²) >= 11 is 5.69. The Morgan fingerprint density at radius 2 is 1.68 bits per heavy atom. The Morgan fingerprint density at radius 3 is 2.32 bits per heavy atom. The second-order valence-corrected chi connectivity index (χ2v) is 6.06. The van der Waals surface area contributed by atoms with Gasteiger partial charge in [0.25, 0.3) is 23.2 Å². The second kappa shape index (κ2) is 7.04. The first kappa shape index (κ1) is 18.9. The van der Waals surface area contributed by atoms with Gasteiger partial charge in [0.05, 0.1) is 21.0 Å². The summed E-state index contributed by atoms with van der Waals surface area (Å²) in [6, 6.07) is 6.77. The van der Waals surface area contributed by atoms with Gasteiger partial charge in [-0.3, -0.25) is 39.5 Å². The predicted octanol–water partition coefficient (Wildman–Crippen LogP) is 2.39. The number of carbonyl (C=O) groups is 3. The highest BCUT2D eigenvalue weighted by Crippen LogP contribution is 2.28. The highest BCUT2D eigenvalue weighted by Gasteiger charge is 2.37. The van der Waals surface area contributed by atoms with Gasteiger partial charge >= 0.3 is 0 Å². The van der Waals surface area contributed by atoms with Crippen LogP contribution in [0.5, 0.6) is 0 Å². The van der Waals surface area contributed by atoms with Gasteiger partial charge < -0.3 is 5.32 Å². The van der Waals surface area contributed by atoms with Crippen molar-refractivity contribution in [2.75, 3.05) is 11.9 Å². The van der Waals surface area contributed by atoms with E-state index < -0.39 is 39.8 Å².